The van der Waals surface area contributed by atoms with Crippen molar-refractivity contribution >= 4 is 5.91 Å². The van der Waals surface area contributed by atoms with Crippen LogP contribution in [0.5, 0.6) is 0 Å². The van der Waals surface area contributed by atoms with E-state index in [2.05, 4.69) is 15.3 Å². The van der Waals surface area contributed by atoms with Crippen LogP contribution >= 0.6 is 0 Å². The van der Waals surface area contributed by atoms with E-state index < -0.39 is 0 Å². The number of hydrogen-bond acceptors (Lipinski definition) is 4. The van der Waals surface area contributed by atoms with E-state index in [-0.39, 0.29) is 17.9 Å². The Balaban J connectivity index is 1.63. The van der Waals surface area contributed by atoms with Crippen molar-refractivity contribution in [1.82, 2.24) is 15.3 Å². The average molecular weight is 296 g/mol. The number of carbonyl (C=O) groups excluding carboxylic acids is 1. The molecule has 0 aromatic carbocycles. The van der Waals surface area contributed by atoms with Gasteiger partial charge in [-0.05, 0) is 30.2 Å². The van der Waals surface area contributed by atoms with E-state index in [1.807, 2.05) is 18.2 Å². The van der Waals surface area contributed by atoms with Crippen LogP contribution in [0.25, 0.3) is 0 Å². The molecule has 0 radical (unpaired) electrons. The van der Waals surface area contributed by atoms with E-state index in [1.54, 1.807) is 18.5 Å². The van der Waals surface area contributed by atoms with Crippen LogP contribution in [0.4, 0.5) is 0 Å². The predicted molar refractivity (Wildman–Crippen MR) is 79.0 cm³/mol. The lowest BCUT2D eigenvalue weighted by Crippen LogP contribution is -2.40. The highest BCUT2D eigenvalue weighted by atomic mass is 16.5. The summed E-state index contributed by atoms with van der Waals surface area (Å²) in [6.45, 7) is 1.13. The Labute approximate surface area is 128 Å². The number of aromatic nitrogens is 2. The van der Waals surface area contributed by atoms with Gasteiger partial charge in [0.25, 0.3) is 5.91 Å². The van der Waals surface area contributed by atoms with Gasteiger partial charge in [0, 0.05) is 24.5 Å². The molecule has 22 heavy (non-hydrogen) atoms. The van der Waals surface area contributed by atoms with Crippen LogP contribution in [0.15, 0.2) is 36.8 Å². The van der Waals surface area contributed by atoms with Gasteiger partial charge in [-0.15, -0.1) is 0 Å². The molecule has 112 valence electrons. The fourth-order valence-electron chi connectivity index (χ4n) is 2.62. The summed E-state index contributed by atoms with van der Waals surface area (Å²) in [4.78, 5) is 19.0. The van der Waals surface area contributed by atoms with E-state index in [4.69, 9.17) is 10.00 Å². The van der Waals surface area contributed by atoms with Crippen molar-refractivity contribution in [2.75, 3.05) is 13.2 Å². The van der Waals surface area contributed by atoms with Crippen LogP contribution in [-0.2, 0) is 11.2 Å². The molecule has 2 N–H and O–H groups in total. The van der Waals surface area contributed by atoms with Crippen LogP contribution in [0, 0.1) is 17.2 Å². The molecular formula is C16H16N4O2. The molecule has 0 bridgehead atoms. The van der Waals surface area contributed by atoms with E-state index in [0.29, 0.717) is 24.5 Å². The summed E-state index contributed by atoms with van der Waals surface area (Å²) in [7, 11) is 0. The van der Waals surface area contributed by atoms with Gasteiger partial charge in [0.2, 0.25) is 0 Å². The number of nitrogens with zero attached hydrogens (tertiary/aromatic N) is 2. The molecule has 2 aromatic heterocycles. The molecule has 2 atom stereocenters. The van der Waals surface area contributed by atoms with Gasteiger partial charge in [-0.2, -0.15) is 5.26 Å². The van der Waals surface area contributed by atoms with Crippen molar-refractivity contribution in [2.45, 2.75) is 12.5 Å². The van der Waals surface area contributed by atoms with Crippen molar-refractivity contribution in [2.24, 2.45) is 5.92 Å². The summed E-state index contributed by atoms with van der Waals surface area (Å²) in [5.41, 5.74) is 2.02. The highest BCUT2D eigenvalue weighted by Gasteiger charge is 2.30. The van der Waals surface area contributed by atoms with Crippen molar-refractivity contribution < 1.29 is 9.53 Å². The van der Waals surface area contributed by atoms with Crippen LogP contribution < -0.4 is 5.32 Å². The Morgan fingerprint density at radius 2 is 2.27 bits per heavy atom. The summed E-state index contributed by atoms with van der Waals surface area (Å²) in [6.07, 6.45) is 5.89. The number of ether oxygens (including phenoxy) is 1. The van der Waals surface area contributed by atoms with Crippen molar-refractivity contribution in [3.63, 3.8) is 0 Å². The molecule has 1 saturated heterocycles. The lowest BCUT2D eigenvalue weighted by Gasteiger charge is -2.18. The standard InChI is InChI=1S/C16H16N4O2/c17-7-12-6-14(19-8-12)16(21)20-15-10-22-9-13(15)5-11-1-3-18-4-2-11/h1-4,6,8,13,15,19H,5,9-10H2,(H,20,21)/t13-,15-/m1/s1. The lowest BCUT2D eigenvalue weighted by atomic mass is 9.95. The number of carbonyl (C=O) groups is 1. The first-order valence-corrected chi connectivity index (χ1v) is 7.12. The summed E-state index contributed by atoms with van der Waals surface area (Å²) >= 11 is 0. The van der Waals surface area contributed by atoms with Gasteiger partial charge in [0.15, 0.2) is 0 Å². The molecular weight excluding hydrogens is 280 g/mol. The fraction of sp³-hybridized carbons (Fsp3) is 0.312. The number of rotatable bonds is 4. The van der Waals surface area contributed by atoms with Crippen LogP contribution in [0.2, 0.25) is 0 Å². The molecule has 2 aromatic rings. The third-order valence-electron chi connectivity index (χ3n) is 3.82. The average Bonchev–Trinajstić information content (AvgIpc) is 3.18. The quantitative estimate of drug-likeness (QED) is 0.889. The van der Waals surface area contributed by atoms with E-state index in [1.165, 1.54) is 11.8 Å². The summed E-state index contributed by atoms with van der Waals surface area (Å²) in [5, 5.41) is 11.8. The third kappa shape index (κ3) is 3.15. The maximum atomic E-state index is 12.2. The predicted octanol–water partition coefficient (Wildman–Crippen LogP) is 1.27. The first kappa shape index (κ1) is 14.3. The second-order valence-corrected chi connectivity index (χ2v) is 5.35. The number of nitrogens with one attached hydrogen (secondary N) is 2. The summed E-state index contributed by atoms with van der Waals surface area (Å²) < 4.78 is 5.51. The van der Waals surface area contributed by atoms with E-state index in [9.17, 15) is 4.79 Å². The summed E-state index contributed by atoms with van der Waals surface area (Å²) in [5.74, 6) is 0.0217. The van der Waals surface area contributed by atoms with Crippen LogP contribution in [0.1, 0.15) is 21.6 Å². The molecule has 1 aliphatic heterocycles. The second-order valence-electron chi connectivity index (χ2n) is 5.35. The maximum absolute atomic E-state index is 12.2. The SMILES string of the molecule is N#Cc1c[nH]c(C(=O)N[C@@H]2COC[C@H]2Cc2ccncc2)c1. The molecule has 1 amide bonds. The lowest BCUT2D eigenvalue weighted by molar-refractivity contribution is 0.0920. The number of nitriles is 1. The Morgan fingerprint density at radius 3 is 3.00 bits per heavy atom. The van der Waals surface area contributed by atoms with Gasteiger partial charge in [0.05, 0.1) is 24.8 Å². The zero-order valence-electron chi connectivity index (χ0n) is 12.0. The van der Waals surface area contributed by atoms with Gasteiger partial charge in [-0.3, -0.25) is 9.78 Å². The molecule has 0 unspecified atom stereocenters. The molecule has 0 aliphatic carbocycles. The molecule has 0 spiro atoms. The van der Waals surface area contributed by atoms with Crippen molar-refractivity contribution in [3.05, 3.63) is 53.6 Å². The second kappa shape index (κ2) is 6.41. The Morgan fingerprint density at radius 1 is 1.45 bits per heavy atom. The number of amides is 1. The number of H-pyrrole nitrogens is 1. The van der Waals surface area contributed by atoms with Crippen molar-refractivity contribution in [1.29, 1.82) is 5.26 Å². The molecule has 3 heterocycles. The van der Waals surface area contributed by atoms with Gasteiger partial charge in [-0.1, -0.05) is 0 Å². The topological polar surface area (TPSA) is 90.8 Å². The maximum Gasteiger partial charge on any atom is 0.268 e. The molecule has 3 rings (SSSR count). The minimum atomic E-state index is -0.211. The zero-order chi connectivity index (χ0) is 15.4. The van der Waals surface area contributed by atoms with Gasteiger partial charge in [0.1, 0.15) is 11.8 Å². The zero-order valence-corrected chi connectivity index (χ0v) is 12.0. The monoisotopic (exact) mass is 296 g/mol. The number of aromatic amines is 1. The molecule has 1 aliphatic rings. The molecule has 6 heteroatoms. The third-order valence-corrected chi connectivity index (χ3v) is 3.82. The van der Waals surface area contributed by atoms with Gasteiger partial charge < -0.3 is 15.0 Å². The number of hydrogen-bond donors (Lipinski definition) is 2. The van der Waals surface area contributed by atoms with Crippen LogP contribution in [-0.4, -0.2) is 35.1 Å². The Bertz CT molecular complexity index is 690. The van der Waals surface area contributed by atoms with E-state index >= 15 is 0 Å². The van der Waals surface area contributed by atoms with Gasteiger partial charge in [-0.25, -0.2) is 0 Å². The highest BCUT2D eigenvalue weighted by Crippen LogP contribution is 2.19. The largest absolute Gasteiger partial charge is 0.379 e. The Hall–Kier alpha value is -2.65. The minimum absolute atomic E-state index is 0.0329. The highest BCUT2D eigenvalue weighted by molar-refractivity contribution is 5.93. The first-order chi connectivity index (χ1) is 10.8. The molecule has 1 fully saturated rings. The normalized spacial score (nSPS) is 20.5. The number of pyridine rings is 1. The fourth-order valence-corrected chi connectivity index (χ4v) is 2.62. The summed E-state index contributed by atoms with van der Waals surface area (Å²) in [6, 6.07) is 7.45. The van der Waals surface area contributed by atoms with E-state index in [0.717, 1.165) is 6.42 Å². The molecule has 6 nitrogen and oxygen atoms in total. The van der Waals surface area contributed by atoms with Gasteiger partial charge >= 0.3 is 0 Å². The molecule has 0 saturated carbocycles. The smallest absolute Gasteiger partial charge is 0.268 e. The van der Waals surface area contributed by atoms with Crippen molar-refractivity contribution in [3.8, 4) is 6.07 Å². The van der Waals surface area contributed by atoms with Crippen LogP contribution in [0.3, 0.4) is 0 Å². The minimum Gasteiger partial charge on any atom is -0.379 e. The Kier molecular flexibility index (Phi) is 4.17. The first-order valence-electron chi connectivity index (χ1n) is 7.12.